The molecule has 1 saturated heterocycles. The van der Waals surface area contributed by atoms with Crippen molar-refractivity contribution in [2.24, 2.45) is 23.5 Å². The number of amides is 5. The number of nitrogens with zero attached hydrogens (tertiary/aromatic N) is 1. The Hall–Kier alpha value is -2.85. The Morgan fingerprint density at radius 1 is 0.887 bits per heavy atom. The highest BCUT2D eigenvalue weighted by molar-refractivity contribution is 5.96. The number of hydrogen-bond acceptors (Lipinski definition) is 10. The number of aliphatic hydroxyl groups is 2. The average molecular weight is 754 g/mol. The molecule has 15 nitrogen and oxygen atoms in total. The summed E-state index contributed by atoms with van der Waals surface area (Å²) in [6.45, 7) is 8.86. The lowest BCUT2D eigenvalue weighted by atomic mass is 9.90. The second-order valence-electron chi connectivity index (χ2n) is 15.6. The van der Waals surface area contributed by atoms with Crippen LogP contribution < -0.4 is 32.3 Å². The predicted molar refractivity (Wildman–Crippen MR) is 203 cm³/mol. The minimum Gasteiger partial charge on any atom is -0.394 e. The van der Waals surface area contributed by atoms with Crippen LogP contribution in [0.2, 0.25) is 0 Å². The Morgan fingerprint density at radius 3 is 2.13 bits per heavy atom. The fourth-order valence-electron chi connectivity index (χ4n) is 7.15. The number of nitrogens with one attached hydrogen (secondary N) is 5. The first kappa shape index (κ1) is 46.3. The lowest BCUT2D eigenvalue weighted by Gasteiger charge is -2.35. The van der Waals surface area contributed by atoms with Crippen LogP contribution in [0.15, 0.2) is 0 Å². The molecule has 2 rings (SSSR count). The van der Waals surface area contributed by atoms with Crippen molar-refractivity contribution in [2.45, 2.75) is 154 Å². The van der Waals surface area contributed by atoms with Gasteiger partial charge in [0, 0.05) is 32.7 Å². The lowest BCUT2D eigenvalue weighted by molar-refractivity contribution is -0.147. The molecule has 0 aromatic carbocycles. The van der Waals surface area contributed by atoms with Crippen LogP contribution in [-0.2, 0) is 28.7 Å². The maximum Gasteiger partial charge on any atom is 0.244 e. The van der Waals surface area contributed by atoms with Crippen molar-refractivity contribution >= 4 is 29.5 Å². The quantitative estimate of drug-likeness (QED) is 0.0916. The summed E-state index contributed by atoms with van der Waals surface area (Å²) in [4.78, 5) is 71.3. The first-order valence-electron chi connectivity index (χ1n) is 20.0. The van der Waals surface area contributed by atoms with Crippen LogP contribution in [0.5, 0.6) is 0 Å². The molecule has 0 radical (unpaired) electrons. The largest absolute Gasteiger partial charge is 0.394 e. The summed E-state index contributed by atoms with van der Waals surface area (Å²) >= 11 is 0. The molecule has 2 aliphatic rings. The van der Waals surface area contributed by atoms with E-state index >= 15 is 0 Å². The van der Waals surface area contributed by atoms with Gasteiger partial charge >= 0.3 is 0 Å². The number of carbonyl (C=O) groups excluding carboxylic acids is 5. The van der Waals surface area contributed by atoms with Crippen LogP contribution in [0.1, 0.15) is 112 Å². The van der Waals surface area contributed by atoms with E-state index in [0.29, 0.717) is 25.7 Å². The molecule has 1 heterocycles. The third kappa shape index (κ3) is 15.8. The molecular formula is C38H71N7O8. The van der Waals surface area contributed by atoms with Crippen LogP contribution in [0.3, 0.4) is 0 Å². The maximum absolute atomic E-state index is 14.3. The summed E-state index contributed by atoms with van der Waals surface area (Å²) in [5, 5.41) is 33.3. The van der Waals surface area contributed by atoms with Gasteiger partial charge in [-0.2, -0.15) is 0 Å². The van der Waals surface area contributed by atoms with E-state index in [-0.39, 0.29) is 44.0 Å². The van der Waals surface area contributed by atoms with Gasteiger partial charge in [0.1, 0.15) is 24.2 Å². The van der Waals surface area contributed by atoms with Crippen molar-refractivity contribution < 1.29 is 38.9 Å². The zero-order valence-electron chi connectivity index (χ0n) is 33.2. The molecule has 15 heteroatoms. The Balaban J connectivity index is 2.57. The van der Waals surface area contributed by atoms with Gasteiger partial charge in [-0.25, -0.2) is 0 Å². The standard InChI is InChI=1S/C38H71N7O8/c1-7-8-9-14-17-32-26(5)38(52)45(6)31(18-24(2)3)36(50)44-33(27-15-12-10-11-13-16-27)37(51)42-29(19-39)34(48)43-30(21-40-20-28(47)22-46)35(49)41-25(4)23-53-32/h24-33,40,46-47H,7-23,39H2,1-6H3,(H,41,49)(H,42,51)(H,43,48)(H,44,50)/t25-,26-,28+,29+,30+,31+,32-,33+/m1/s1. The van der Waals surface area contributed by atoms with Crippen LogP contribution >= 0.6 is 0 Å². The van der Waals surface area contributed by atoms with Crippen LogP contribution in [0, 0.1) is 17.8 Å². The van der Waals surface area contributed by atoms with Gasteiger partial charge < -0.3 is 52.2 Å². The molecule has 5 amide bonds. The highest BCUT2D eigenvalue weighted by atomic mass is 16.5. The Morgan fingerprint density at radius 2 is 1.53 bits per heavy atom. The van der Waals surface area contributed by atoms with Crippen molar-refractivity contribution in [1.82, 2.24) is 31.5 Å². The van der Waals surface area contributed by atoms with Gasteiger partial charge in [-0.3, -0.25) is 24.0 Å². The van der Waals surface area contributed by atoms with E-state index in [9.17, 15) is 34.2 Å². The van der Waals surface area contributed by atoms with Crippen molar-refractivity contribution in [3.63, 3.8) is 0 Å². The highest BCUT2D eigenvalue weighted by Gasteiger charge is 2.39. The van der Waals surface area contributed by atoms with Gasteiger partial charge in [-0.05, 0) is 44.4 Å². The number of aliphatic hydroxyl groups excluding tert-OH is 2. The molecule has 1 aliphatic carbocycles. The normalized spacial score (nSPS) is 28.9. The molecule has 9 N–H and O–H groups in total. The molecule has 306 valence electrons. The smallest absolute Gasteiger partial charge is 0.244 e. The fourth-order valence-corrected chi connectivity index (χ4v) is 7.15. The summed E-state index contributed by atoms with van der Waals surface area (Å²) in [5.41, 5.74) is 6.02. The summed E-state index contributed by atoms with van der Waals surface area (Å²) < 4.78 is 6.37. The van der Waals surface area contributed by atoms with Crippen LogP contribution in [-0.4, -0.2) is 127 Å². The third-order valence-corrected chi connectivity index (χ3v) is 10.4. The number of unbranched alkanes of at least 4 members (excludes halogenated alkanes) is 3. The first-order valence-corrected chi connectivity index (χ1v) is 20.0. The van der Waals surface area contributed by atoms with E-state index < -0.39 is 78.6 Å². The molecule has 0 spiro atoms. The minimum atomic E-state index is -1.22. The van der Waals surface area contributed by atoms with Gasteiger partial charge in [0.25, 0.3) is 0 Å². The van der Waals surface area contributed by atoms with E-state index in [0.717, 1.165) is 51.4 Å². The minimum absolute atomic E-state index is 0.0352. The molecule has 1 aliphatic heterocycles. The van der Waals surface area contributed by atoms with Crippen molar-refractivity contribution in [3.8, 4) is 0 Å². The molecule has 0 unspecified atom stereocenters. The molecule has 0 aromatic rings. The monoisotopic (exact) mass is 754 g/mol. The zero-order chi connectivity index (χ0) is 39.5. The van der Waals surface area contributed by atoms with Gasteiger partial charge in [0.15, 0.2) is 0 Å². The van der Waals surface area contributed by atoms with Gasteiger partial charge in [-0.1, -0.05) is 79.1 Å². The predicted octanol–water partition coefficient (Wildman–Crippen LogP) is 0.696. The number of nitrogens with two attached hydrogens (primary N) is 1. The molecular weight excluding hydrogens is 682 g/mol. The number of rotatable bonds is 14. The number of ether oxygens (including phenoxy) is 1. The molecule has 1 saturated carbocycles. The van der Waals surface area contributed by atoms with E-state index in [1.165, 1.54) is 4.90 Å². The topological polar surface area (TPSA) is 224 Å². The van der Waals surface area contributed by atoms with E-state index in [1.807, 2.05) is 20.8 Å². The zero-order valence-corrected chi connectivity index (χ0v) is 33.2. The van der Waals surface area contributed by atoms with Gasteiger partial charge in [0.2, 0.25) is 29.5 Å². The second-order valence-corrected chi connectivity index (χ2v) is 15.6. The van der Waals surface area contributed by atoms with E-state index in [1.54, 1.807) is 14.0 Å². The Kier molecular flexibility index (Phi) is 21.4. The fraction of sp³-hybridized carbons (Fsp3) is 0.868. The third-order valence-electron chi connectivity index (χ3n) is 10.4. The molecule has 2 fully saturated rings. The highest BCUT2D eigenvalue weighted by Crippen LogP contribution is 2.27. The summed E-state index contributed by atoms with van der Waals surface area (Å²) in [7, 11) is 1.63. The molecule has 0 aromatic heterocycles. The number of carbonyl (C=O) groups is 5. The summed E-state index contributed by atoms with van der Waals surface area (Å²) in [6.07, 6.45) is 8.59. The van der Waals surface area contributed by atoms with Crippen molar-refractivity contribution in [1.29, 1.82) is 0 Å². The van der Waals surface area contributed by atoms with E-state index in [2.05, 4.69) is 33.5 Å². The van der Waals surface area contributed by atoms with Gasteiger partial charge in [-0.15, -0.1) is 0 Å². The van der Waals surface area contributed by atoms with Crippen molar-refractivity contribution in [2.75, 3.05) is 39.9 Å². The first-order chi connectivity index (χ1) is 25.2. The van der Waals surface area contributed by atoms with E-state index in [4.69, 9.17) is 10.5 Å². The summed E-state index contributed by atoms with van der Waals surface area (Å²) in [5.74, 6) is -3.20. The van der Waals surface area contributed by atoms with Crippen LogP contribution in [0.25, 0.3) is 0 Å². The molecule has 0 bridgehead atoms. The van der Waals surface area contributed by atoms with Crippen molar-refractivity contribution in [3.05, 3.63) is 0 Å². The Bertz CT molecular complexity index is 1140. The molecule has 8 atom stereocenters. The second kappa shape index (κ2) is 24.5. The van der Waals surface area contributed by atoms with Crippen LogP contribution in [0.4, 0.5) is 0 Å². The number of hydrogen-bond donors (Lipinski definition) is 8. The average Bonchev–Trinajstić information content (AvgIpc) is 3.42. The maximum atomic E-state index is 14.3. The lowest BCUT2D eigenvalue weighted by Crippen LogP contribution is -2.62. The summed E-state index contributed by atoms with van der Waals surface area (Å²) in [6, 6.07) is -4.71. The van der Waals surface area contributed by atoms with Gasteiger partial charge in [0.05, 0.1) is 31.3 Å². The Labute approximate surface area is 317 Å². The SMILES string of the molecule is CCCCCC[C@H]1OC[C@@H](C)NC(=O)[C@H](CNC[C@H](O)CO)NC(=O)[C@H](CN)NC(=O)[C@H](C2CCCCCC2)NC(=O)[C@H](CC(C)C)N(C)C(=O)[C@@H]1C. The number of likely N-dealkylation sites (N-methyl/N-ethyl adjacent to an activating group) is 1. The molecule has 53 heavy (non-hydrogen) atoms.